The van der Waals surface area contributed by atoms with Gasteiger partial charge in [0.05, 0.1) is 6.61 Å². The molecule has 2 unspecified atom stereocenters. The molecule has 4 nitrogen and oxygen atoms in total. The Morgan fingerprint density at radius 1 is 0.862 bits per heavy atom. The summed E-state index contributed by atoms with van der Waals surface area (Å²) in [5, 5.41) is 0. The van der Waals surface area contributed by atoms with Gasteiger partial charge in [0.15, 0.2) is 11.8 Å². The van der Waals surface area contributed by atoms with Crippen molar-refractivity contribution in [1.82, 2.24) is 0 Å². The third-order valence-corrected chi connectivity index (χ3v) is 5.72. The van der Waals surface area contributed by atoms with E-state index in [-0.39, 0.29) is 11.8 Å². The van der Waals surface area contributed by atoms with Crippen LogP contribution in [0.25, 0.3) is 0 Å². The van der Waals surface area contributed by atoms with Crippen LogP contribution in [0.15, 0.2) is 24.3 Å². The molecule has 1 saturated heterocycles. The standard InChI is InChI=1S/C24H39O4P/c25-24(29)21-14-16-22(17-15-21)26-18-10-7-5-3-1-2-4-6-8-11-19-27-23-13-9-12-20-28-23/h14-17,23H,1-13,18-20,29H2. The lowest BCUT2D eigenvalue weighted by Gasteiger charge is -2.22. The van der Waals surface area contributed by atoms with Crippen LogP contribution in [0.3, 0.4) is 0 Å². The zero-order valence-electron chi connectivity index (χ0n) is 17.9. The summed E-state index contributed by atoms with van der Waals surface area (Å²) in [6.07, 6.45) is 16.3. The zero-order valence-corrected chi connectivity index (χ0v) is 19.1. The van der Waals surface area contributed by atoms with E-state index in [2.05, 4.69) is 9.24 Å². The fourth-order valence-electron chi connectivity index (χ4n) is 3.58. The van der Waals surface area contributed by atoms with Crippen molar-refractivity contribution in [3.05, 3.63) is 29.8 Å². The third-order valence-electron chi connectivity index (χ3n) is 5.39. The summed E-state index contributed by atoms with van der Waals surface area (Å²) in [5.41, 5.74) is 0.708. The molecule has 0 saturated carbocycles. The number of unbranched alkanes of at least 4 members (excludes halogenated alkanes) is 9. The Bertz CT molecular complexity index is 540. The van der Waals surface area contributed by atoms with E-state index in [1.165, 1.54) is 64.2 Å². The molecule has 0 spiro atoms. The number of carbonyl (C=O) groups is 1. The Kier molecular flexibility index (Phi) is 13.3. The molecule has 0 bridgehead atoms. The van der Waals surface area contributed by atoms with Crippen LogP contribution < -0.4 is 4.74 Å². The van der Waals surface area contributed by atoms with Gasteiger partial charge in [0, 0.05) is 18.8 Å². The number of benzene rings is 1. The molecule has 1 aromatic rings. The van der Waals surface area contributed by atoms with E-state index in [0.717, 1.165) is 44.8 Å². The van der Waals surface area contributed by atoms with E-state index in [4.69, 9.17) is 14.2 Å². The van der Waals surface area contributed by atoms with Gasteiger partial charge in [0.1, 0.15) is 5.75 Å². The first kappa shape index (κ1) is 24.3. The molecule has 1 aromatic carbocycles. The van der Waals surface area contributed by atoms with Gasteiger partial charge in [0.2, 0.25) is 0 Å². The van der Waals surface area contributed by atoms with Crippen molar-refractivity contribution in [2.45, 2.75) is 89.8 Å². The Hall–Kier alpha value is -0.960. The molecule has 0 aliphatic carbocycles. The molecule has 0 radical (unpaired) electrons. The molecule has 0 aromatic heterocycles. The van der Waals surface area contributed by atoms with Crippen LogP contribution in [0.1, 0.15) is 93.8 Å². The van der Waals surface area contributed by atoms with Crippen molar-refractivity contribution in [3.63, 3.8) is 0 Å². The van der Waals surface area contributed by atoms with Gasteiger partial charge in [-0.1, -0.05) is 60.6 Å². The monoisotopic (exact) mass is 422 g/mol. The number of hydrogen-bond acceptors (Lipinski definition) is 4. The fraction of sp³-hybridized carbons (Fsp3) is 0.708. The summed E-state index contributed by atoms with van der Waals surface area (Å²) in [6, 6.07) is 7.35. The van der Waals surface area contributed by atoms with Crippen LogP contribution in [-0.2, 0) is 9.47 Å². The topological polar surface area (TPSA) is 44.8 Å². The second-order valence-electron chi connectivity index (χ2n) is 7.94. The van der Waals surface area contributed by atoms with Gasteiger partial charge in [-0.25, -0.2) is 0 Å². The maximum Gasteiger partial charge on any atom is 0.178 e. The largest absolute Gasteiger partial charge is 0.494 e. The predicted molar refractivity (Wildman–Crippen MR) is 122 cm³/mol. The molecule has 1 aliphatic rings. The molecular weight excluding hydrogens is 383 g/mol. The molecule has 2 atom stereocenters. The van der Waals surface area contributed by atoms with Crippen molar-refractivity contribution >= 4 is 14.8 Å². The van der Waals surface area contributed by atoms with Crippen molar-refractivity contribution in [3.8, 4) is 5.75 Å². The molecule has 164 valence electrons. The molecule has 0 N–H and O–H groups in total. The van der Waals surface area contributed by atoms with Gasteiger partial charge >= 0.3 is 0 Å². The number of carbonyl (C=O) groups excluding carboxylic acids is 1. The van der Waals surface area contributed by atoms with Crippen molar-refractivity contribution in [1.29, 1.82) is 0 Å². The first-order valence-electron chi connectivity index (χ1n) is 11.5. The van der Waals surface area contributed by atoms with Gasteiger partial charge in [-0.15, -0.1) is 0 Å². The highest BCUT2D eigenvalue weighted by molar-refractivity contribution is 7.41. The van der Waals surface area contributed by atoms with Crippen molar-refractivity contribution in [2.24, 2.45) is 0 Å². The Labute approximate surface area is 179 Å². The van der Waals surface area contributed by atoms with Gasteiger partial charge < -0.3 is 14.2 Å². The fourth-order valence-corrected chi connectivity index (χ4v) is 3.77. The van der Waals surface area contributed by atoms with E-state index in [1.54, 1.807) is 0 Å². The molecule has 1 aliphatic heterocycles. The summed E-state index contributed by atoms with van der Waals surface area (Å²) in [4.78, 5) is 11.2. The lowest BCUT2D eigenvalue weighted by Crippen LogP contribution is -2.22. The summed E-state index contributed by atoms with van der Waals surface area (Å²) in [6.45, 7) is 2.47. The minimum absolute atomic E-state index is 0.00956. The number of rotatable bonds is 16. The van der Waals surface area contributed by atoms with Gasteiger partial charge in [-0.05, 0) is 56.4 Å². The Balaban J connectivity index is 1.30. The Morgan fingerprint density at radius 2 is 1.45 bits per heavy atom. The number of ether oxygens (including phenoxy) is 3. The summed E-state index contributed by atoms with van der Waals surface area (Å²) >= 11 is 0. The van der Waals surface area contributed by atoms with Crippen molar-refractivity contribution in [2.75, 3.05) is 19.8 Å². The highest BCUT2D eigenvalue weighted by Crippen LogP contribution is 2.16. The van der Waals surface area contributed by atoms with Crippen molar-refractivity contribution < 1.29 is 19.0 Å². The van der Waals surface area contributed by atoms with Gasteiger partial charge in [-0.2, -0.15) is 0 Å². The van der Waals surface area contributed by atoms with E-state index in [1.807, 2.05) is 24.3 Å². The van der Waals surface area contributed by atoms with Crippen LogP contribution in [0.4, 0.5) is 0 Å². The first-order chi connectivity index (χ1) is 14.3. The van der Waals surface area contributed by atoms with E-state index in [0.29, 0.717) is 5.56 Å². The smallest absolute Gasteiger partial charge is 0.178 e. The van der Waals surface area contributed by atoms with Crippen LogP contribution >= 0.6 is 9.24 Å². The Morgan fingerprint density at radius 3 is 2.00 bits per heavy atom. The molecule has 1 fully saturated rings. The SMILES string of the molecule is O=C(P)c1ccc(OCCCCCCCCCCCCOC2CCCCO2)cc1. The van der Waals surface area contributed by atoms with Gasteiger partial charge in [0.25, 0.3) is 0 Å². The second kappa shape index (κ2) is 15.8. The molecule has 29 heavy (non-hydrogen) atoms. The summed E-state index contributed by atoms with van der Waals surface area (Å²) < 4.78 is 17.1. The average molecular weight is 423 g/mol. The zero-order chi connectivity index (χ0) is 20.6. The lowest BCUT2D eigenvalue weighted by atomic mass is 10.1. The van der Waals surface area contributed by atoms with Gasteiger partial charge in [-0.3, -0.25) is 4.79 Å². The maximum atomic E-state index is 11.2. The molecule has 0 amide bonds. The first-order valence-corrected chi connectivity index (χ1v) is 12.1. The second-order valence-corrected chi connectivity index (χ2v) is 8.46. The molecule has 2 rings (SSSR count). The quantitative estimate of drug-likeness (QED) is 0.225. The maximum absolute atomic E-state index is 11.2. The normalized spacial score (nSPS) is 16.7. The predicted octanol–water partition coefficient (Wildman–Crippen LogP) is 6.52. The van der Waals surface area contributed by atoms with Crippen LogP contribution in [0, 0.1) is 0 Å². The minimum atomic E-state index is 0.00956. The van der Waals surface area contributed by atoms with E-state index in [9.17, 15) is 4.79 Å². The summed E-state index contributed by atoms with van der Waals surface area (Å²) in [5.74, 6) is 0.844. The lowest BCUT2D eigenvalue weighted by molar-refractivity contribution is -0.162. The van der Waals surface area contributed by atoms with Crippen LogP contribution in [-0.4, -0.2) is 31.6 Å². The minimum Gasteiger partial charge on any atom is -0.494 e. The molecule has 5 heteroatoms. The summed E-state index contributed by atoms with van der Waals surface area (Å²) in [7, 11) is 2.19. The highest BCUT2D eigenvalue weighted by atomic mass is 31.0. The third kappa shape index (κ3) is 11.7. The highest BCUT2D eigenvalue weighted by Gasteiger charge is 2.13. The van der Waals surface area contributed by atoms with Crippen LogP contribution in [0.2, 0.25) is 0 Å². The average Bonchev–Trinajstić information content (AvgIpc) is 2.75. The number of hydrogen-bond donors (Lipinski definition) is 0. The molecular formula is C24H39O4P. The molecule has 1 heterocycles. The van der Waals surface area contributed by atoms with Crippen LogP contribution in [0.5, 0.6) is 5.75 Å². The van der Waals surface area contributed by atoms with E-state index >= 15 is 0 Å². The van der Waals surface area contributed by atoms with E-state index < -0.39 is 0 Å².